The van der Waals surface area contributed by atoms with Gasteiger partial charge < -0.3 is 9.47 Å². The first-order chi connectivity index (χ1) is 15.0. The van der Waals surface area contributed by atoms with E-state index in [-0.39, 0.29) is 11.3 Å². The maximum absolute atomic E-state index is 12.6. The summed E-state index contributed by atoms with van der Waals surface area (Å²) in [5.74, 6) is 1.79. The van der Waals surface area contributed by atoms with Crippen molar-refractivity contribution < 1.29 is 14.3 Å². The van der Waals surface area contributed by atoms with Crippen LogP contribution in [-0.4, -0.2) is 18.8 Å². The summed E-state index contributed by atoms with van der Waals surface area (Å²) in [4.78, 5) is 14.4. The van der Waals surface area contributed by atoms with E-state index >= 15 is 0 Å². The van der Waals surface area contributed by atoms with Crippen molar-refractivity contribution in [2.45, 2.75) is 12.0 Å². The molecule has 0 saturated carbocycles. The second-order valence-electron chi connectivity index (χ2n) is 6.85. The topological polar surface area (TPSA) is 38.8 Å². The van der Waals surface area contributed by atoms with Crippen LogP contribution in [0.15, 0.2) is 60.7 Å². The molecule has 0 bridgehead atoms. The van der Waals surface area contributed by atoms with Crippen molar-refractivity contribution in [2.75, 3.05) is 17.8 Å². The van der Waals surface area contributed by atoms with Gasteiger partial charge in [0, 0.05) is 15.7 Å². The van der Waals surface area contributed by atoms with Crippen LogP contribution in [0.25, 0.3) is 0 Å². The van der Waals surface area contributed by atoms with Crippen LogP contribution in [0.3, 0.4) is 0 Å². The number of amides is 1. The van der Waals surface area contributed by atoms with Gasteiger partial charge in [-0.2, -0.15) is 0 Å². The zero-order valence-electron chi connectivity index (χ0n) is 16.5. The number of benzene rings is 3. The average Bonchev–Trinajstić information content (AvgIpc) is 3.15. The Morgan fingerprint density at radius 3 is 2.35 bits per heavy atom. The fourth-order valence-corrected chi connectivity index (χ4v) is 5.50. The molecule has 4 rings (SSSR count). The molecule has 0 aromatic heterocycles. The van der Waals surface area contributed by atoms with Crippen LogP contribution in [-0.2, 0) is 11.4 Å². The molecule has 1 amide bonds. The van der Waals surface area contributed by atoms with Crippen molar-refractivity contribution in [1.82, 2.24) is 0 Å². The molecule has 0 spiro atoms. The second kappa shape index (κ2) is 9.90. The number of ether oxygens (including phenoxy) is 2. The van der Waals surface area contributed by atoms with Gasteiger partial charge in [-0.15, -0.1) is 11.8 Å². The Morgan fingerprint density at radius 2 is 1.71 bits per heavy atom. The molecule has 0 N–H and O–H groups in total. The van der Waals surface area contributed by atoms with Gasteiger partial charge in [0.1, 0.15) is 12.0 Å². The first-order valence-electron chi connectivity index (χ1n) is 9.40. The summed E-state index contributed by atoms with van der Waals surface area (Å²) in [7, 11) is 1.62. The number of rotatable bonds is 6. The predicted octanol–water partition coefficient (Wildman–Crippen LogP) is 6.96. The zero-order valence-corrected chi connectivity index (χ0v) is 21.0. The molecule has 3 aromatic rings. The molecule has 160 valence electrons. The van der Waals surface area contributed by atoms with Crippen LogP contribution < -0.4 is 14.4 Å². The van der Waals surface area contributed by atoms with Gasteiger partial charge in [0.05, 0.1) is 16.4 Å². The summed E-state index contributed by atoms with van der Waals surface area (Å²) in [6.07, 6.45) is 0. The Hall–Kier alpha value is -1.61. The minimum Gasteiger partial charge on any atom is -0.493 e. The van der Waals surface area contributed by atoms with Crippen molar-refractivity contribution in [3.05, 3.63) is 85.4 Å². The number of hydrogen-bond donors (Lipinski definition) is 0. The van der Waals surface area contributed by atoms with Gasteiger partial charge in [0.15, 0.2) is 11.5 Å². The molecule has 1 saturated heterocycles. The third-order valence-electron chi connectivity index (χ3n) is 4.81. The van der Waals surface area contributed by atoms with E-state index in [4.69, 9.17) is 32.7 Å². The predicted molar refractivity (Wildman–Crippen MR) is 136 cm³/mol. The van der Waals surface area contributed by atoms with Crippen molar-refractivity contribution in [2.24, 2.45) is 0 Å². The monoisotopic (exact) mass is 585 g/mol. The molecule has 1 aliphatic heterocycles. The van der Waals surface area contributed by atoms with Crippen molar-refractivity contribution in [1.29, 1.82) is 0 Å². The van der Waals surface area contributed by atoms with E-state index in [1.807, 2.05) is 48.5 Å². The Balaban J connectivity index is 1.61. The fraction of sp³-hybridized carbons (Fsp3) is 0.174. The first-order valence-corrected chi connectivity index (χ1v) is 12.3. The molecular weight excluding hydrogens is 568 g/mol. The highest BCUT2D eigenvalue weighted by molar-refractivity contribution is 14.1. The molecule has 4 nitrogen and oxygen atoms in total. The van der Waals surface area contributed by atoms with Gasteiger partial charge in [-0.1, -0.05) is 35.3 Å². The SMILES string of the molecule is COc1cc([C@@H]2SCC(=O)N2c2ccc(Cl)cc2)cc(I)c1OCc1ccc(Cl)cc1. The third kappa shape index (κ3) is 5.08. The number of thioether (sulfide) groups is 1. The van der Waals surface area contributed by atoms with Crippen molar-refractivity contribution in [3.8, 4) is 11.5 Å². The highest BCUT2D eigenvalue weighted by atomic mass is 127. The summed E-state index contributed by atoms with van der Waals surface area (Å²) in [5.41, 5.74) is 2.81. The molecule has 1 fully saturated rings. The molecule has 31 heavy (non-hydrogen) atoms. The summed E-state index contributed by atoms with van der Waals surface area (Å²) in [6.45, 7) is 0.399. The molecule has 1 heterocycles. The van der Waals surface area contributed by atoms with E-state index in [0.717, 1.165) is 20.4 Å². The summed E-state index contributed by atoms with van der Waals surface area (Å²) in [5, 5.41) is 1.17. The first kappa shape index (κ1) is 22.6. The largest absolute Gasteiger partial charge is 0.493 e. The van der Waals surface area contributed by atoms with E-state index in [9.17, 15) is 4.79 Å². The van der Waals surface area contributed by atoms with E-state index in [1.54, 1.807) is 35.9 Å². The number of methoxy groups -OCH3 is 1. The molecule has 1 aliphatic rings. The summed E-state index contributed by atoms with van der Waals surface area (Å²) < 4.78 is 12.6. The van der Waals surface area contributed by atoms with Gasteiger partial charge in [-0.25, -0.2) is 0 Å². The maximum atomic E-state index is 12.6. The number of hydrogen-bond acceptors (Lipinski definition) is 4. The molecule has 1 atom stereocenters. The maximum Gasteiger partial charge on any atom is 0.238 e. The normalized spacial score (nSPS) is 15.9. The Kier molecular flexibility index (Phi) is 7.21. The average molecular weight is 586 g/mol. The van der Waals surface area contributed by atoms with Crippen LogP contribution in [0.4, 0.5) is 5.69 Å². The van der Waals surface area contributed by atoms with Gasteiger partial charge >= 0.3 is 0 Å². The highest BCUT2D eigenvalue weighted by Crippen LogP contribution is 2.45. The Morgan fingerprint density at radius 1 is 1.06 bits per heavy atom. The number of halogens is 3. The number of nitrogens with zero attached hydrogens (tertiary/aromatic N) is 1. The van der Waals surface area contributed by atoms with Gasteiger partial charge in [-0.05, 0) is 82.2 Å². The van der Waals surface area contributed by atoms with Gasteiger partial charge in [0.2, 0.25) is 5.91 Å². The Labute approximate surface area is 209 Å². The van der Waals surface area contributed by atoms with Crippen molar-refractivity contribution >= 4 is 69.1 Å². The second-order valence-corrected chi connectivity index (χ2v) is 9.96. The lowest BCUT2D eigenvalue weighted by atomic mass is 10.1. The minimum atomic E-state index is -0.151. The minimum absolute atomic E-state index is 0.0642. The zero-order chi connectivity index (χ0) is 22.0. The molecule has 3 aromatic carbocycles. The molecule has 0 aliphatic carbocycles. The van der Waals surface area contributed by atoms with Crippen LogP contribution in [0.1, 0.15) is 16.5 Å². The molecule has 0 radical (unpaired) electrons. The van der Waals surface area contributed by atoms with Crippen molar-refractivity contribution in [3.63, 3.8) is 0 Å². The van der Waals surface area contributed by atoms with E-state index in [0.29, 0.717) is 33.9 Å². The standard InChI is InChI=1S/C23H18Cl2INO3S/c1-29-20-11-15(10-19(26)22(20)30-12-14-2-4-16(24)5-3-14)23-27(21(28)13-31-23)18-8-6-17(25)7-9-18/h2-11,23H,12-13H2,1H3/t23-/m0/s1. The lowest BCUT2D eigenvalue weighted by Gasteiger charge is -2.25. The molecule has 0 unspecified atom stereocenters. The Bertz CT molecular complexity index is 1090. The quantitative estimate of drug-likeness (QED) is 0.293. The number of carbonyl (C=O) groups excluding carboxylic acids is 1. The lowest BCUT2D eigenvalue weighted by Crippen LogP contribution is -2.27. The van der Waals surface area contributed by atoms with Crippen LogP contribution in [0.5, 0.6) is 11.5 Å². The van der Waals surface area contributed by atoms with E-state index in [1.165, 1.54) is 0 Å². The van der Waals surface area contributed by atoms with E-state index in [2.05, 4.69) is 22.6 Å². The summed E-state index contributed by atoms with van der Waals surface area (Å²) in [6, 6.07) is 18.8. The highest BCUT2D eigenvalue weighted by Gasteiger charge is 2.35. The number of carbonyl (C=O) groups is 1. The van der Waals surface area contributed by atoms with Gasteiger partial charge in [0.25, 0.3) is 0 Å². The lowest BCUT2D eigenvalue weighted by molar-refractivity contribution is -0.115. The van der Waals surface area contributed by atoms with Crippen LogP contribution in [0, 0.1) is 3.57 Å². The smallest absolute Gasteiger partial charge is 0.238 e. The van der Waals surface area contributed by atoms with Gasteiger partial charge in [-0.3, -0.25) is 9.69 Å². The van der Waals surface area contributed by atoms with E-state index < -0.39 is 0 Å². The fourth-order valence-electron chi connectivity index (χ4n) is 3.31. The van der Waals surface area contributed by atoms with Crippen LogP contribution >= 0.6 is 57.6 Å². The third-order valence-corrected chi connectivity index (χ3v) is 7.32. The number of anilines is 1. The summed E-state index contributed by atoms with van der Waals surface area (Å²) >= 11 is 15.8. The molecular formula is C23H18Cl2INO3S. The molecule has 8 heteroatoms. The van der Waals surface area contributed by atoms with Crippen LogP contribution in [0.2, 0.25) is 10.0 Å².